The van der Waals surface area contributed by atoms with Gasteiger partial charge in [-0.2, -0.15) is 67.3 Å². The van der Waals surface area contributed by atoms with Crippen LogP contribution < -0.4 is 21.3 Å². The van der Waals surface area contributed by atoms with Crippen molar-refractivity contribution in [2.24, 2.45) is 0 Å². The molecule has 6 aromatic rings. The smallest absolute Gasteiger partial charge is 0.321 e. The predicted molar refractivity (Wildman–Crippen MR) is 248 cm³/mol. The fourth-order valence-corrected chi connectivity index (χ4v) is 12.3. The Bertz CT molecular complexity index is 4180. The van der Waals surface area contributed by atoms with E-state index in [-0.39, 0.29) is 12.1 Å². The van der Waals surface area contributed by atoms with Crippen LogP contribution in [0.15, 0.2) is 124 Å². The third kappa shape index (κ3) is 12.1. The molecule has 0 unspecified atom stereocenters. The molecule has 0 atom stereocenters. The summed E-state index contributed by atoms with van der Waals surface area (Å²) in [5.74, 6) is -3.19. The first-order valence-corrected chi connectivity index (χ1v) is 30.0. The van der Waals surface area contributed by atoms with Crippen LogP contribution in [0.5, 0.6) is 0 Å². The summed E-state index contributed by atoms with van der Waals surface area (Å²) in [6.07, 6.45) is 0. The second kappa shape index (κ2) is 18.9. The first kappa shape index (κ1) is 56.6. The zero-order chi connectivity index (χ0) is 55.9. The van der Waals surface area contributed by atoms with Gasteiger partial charge in [0, 0.05) is 32.9 Å². The molecule has 396 valence electrons. The molecule has 0 spiro atoms. The van der Waals surface area contributed by atoms with Crippen LogP contribution in [0.25, 0.3) is 21.5 Å². The summed E-state index contributed by atoms with van der Waals surface area (Å²) >= 11 is 0. The SMILES string of the molecule is O=C(Nc1ccc(C(=O)Nc2ccc(S(=O)(=O)O)c3cc(S(=O)(=O)O)cc(S(=O)(=O)O)c23)c(S(=O)(=O)O)c1)Nc1ccc(C(=O)Nc2ccc(S(=O)(=O)O)c3cc(S(=O)(=O)O)cc(S(=O)(=O)O)c23)c(S(=O)(=O)O)c1. The van der Waals surface area contributed by atoms with Gasteiger partial charge in [-0.3, -0.25) is 46.0 Å². The summed E-state index contributed by atoms with van der Waals surface area (Å²) in [6, 6.07) is 5.31. The number of anilines is 4. The van der Waals surface area contributed by atoms with E-state index in [4.69, 9.17) is 0 Å². The van der Waals surface area contributed by atoms with Crippen LogP contribution in [0.3, 0.4) is 0 Å². The standard InChI is InChI=1S/C35H26N4O27S8/c40-33(38-23-5-7-25(69(49,50)51)21-11-17(67(43,44)45)13-29(31(21)23)73(61,62)63)19-3-1-15(9-27(19)71(55,56)57)36-35(42)37-16-2-4-20(28(10-16)72(58,59)60)34(41)39-24-6-8-26(70(52,53)54)22-12-18(68(46,47)48)14-30(32(22)24)74(64,65)66/h1-14H,(H,38,40)(H,39,41)(H2,36,37,42)(H,43,44,45)(H,46,47,48)(H,49,50,51)(H,52,53,54)(H,55,56,57)(H,58,59,60)(H,61,62,63)(H,64,65,66). The van der Waals surface area contributed by atoms with E-state index < -0.39 is 193 Å². The molecule has 0 aliphatic carbocycles. The molecular formula is C35H26N4O27S8. The molecule has 0 radical (unpaired) electrons. The minimum absolute atomic E-state index is 0.128. The summed E-state index contributed by atoms with van der Waals surface area (Å²) in [7, 11) is -43.9. The maximum Gasteiger partial charge on any atom is 0.323 e. The number of hydrogen-bond donors (Lipinski definition) is 12. The number of carbonyl (C=O) groups excluding carboxylic acids is 3. The molecule has 0 aliphatic heterocycles. The fraction of sp³-hybridized carbons (Fsp3) is 0. The van der Waals surface area contributed by atoms with Gasteiger partial charge in [0.05, 0.1) is 32.3 Å². The number of hydrogen-bond acceptors (Lipinski definition) is 19. The van der Waals surface area contributed by atoms with E-state index in [1.165, 1.54) is 0 Å². The molecule has 0 fully saturated rings. The van der Waals surface area contributed by atoms with Gasteiger partial charge in [0.15, 0.2) is 0 Å². The molecule has 4 amide bonds. The van der Waals surface area contributed by atoms with Crippen LogP contribution >= 0.6 is 0 Å². The predicted octanol–water partition coefficient (Wildman–Crippen LogP) is 2.12. The van der Waals surface area contributed by atoms with Gasteiger partial charge in [-0.1, -0.05) is 0 Å². The second-order valence-electron chi connectivity index (χ2n) is 14.6. The molecule has 12 N–H and O–H groups in total. The van der Waals surface area contributed by atoms with Crippen molar-refractivity contribution in [3.8, 4) is 0 Å². The van der Waals surface area contributed by atoms with Crippen LogP contribution in [0.1, 0.15) is 20.7 Å². The van der Waals surface area contributed by atoms with E-state index in [2.05, 4.69) is 0 Å². The van der Waals surface area contributed by atoms with Crippen LogP contribution in [0, 0.1) is 0 Å². The summed E-state index contributed by atoms with van der Waals surface area (Å²) in [6.45, 7) is 0. The molecule has 0 bridgehead atoms. The Kier molecular flexibility index (Phi) is 14.5. The van der Waals surface area contributed by atoms with Crippen molar-refractivity contribution >= 4 is 143 Å². The minimum Gasteiger partial charge on any atom is -0.321 e. The minimum atomic E-state index is -5.63. The third-order valence-corrected chi connectivity index (χ3v) is 16.8. The zero-order valence-corrected chi connectivity index (χ0v) is 41.7. The number of urea groups is 1. The number of amides is 4. The number of fused-ring (bicyclic) bond motifs is 2. The Morgan fingerprint density at radius 3 is 0.878 bits per heavy atom. The largest absolute Gasteiger partial charge is 0.323 e. The zero-order valence-electron chi connectivity index (χ0n) is 35.2. The van der Waals surface area contributed by atoms with Crippen molar-refractivity contribution in [2.45, 2.75) is 39.2 Å². The van der Waals surface area contributed by atoms with Gasteiger partial charge >= 0.3 is 6.03 Å². The lowest BCUT2D eigenvalue weighted by molar-refractivity contribution is 0.101. The molecule has 74 heavy (non-hydrogen) atoms. The highest BCUT2D eigenvalue weighted by atomic mass is 32.2. The molecule has 0 saturated carbocycles. The van der Waals surface area contributed by atoms with Crippen molar-refractivity contribution in [1.29, 1.82) is 0 Å². The molecule has 6 rings (SSSR count). The van der Waals surface area contributed by atoms with Crippen molar-refractivity contribution in [1.82, 2.24) is 0 Å². The normalized spacial score (nSPS) is 13.1. The van der Waals surface area contributed by atoms with Gasteiger partial charge in [0.1, 0.15) is 29.4 Å². The Labute approximate surface area is 415 Å². The van der Waals surface area contributed by atoms with Gasteiger partial charge < -0.3 is 21.3 Å². The molecule has 6 aromatic carbocycles. The molecule has 0 heterocycles. The number of nitrogens with one attached hydrogen (secondary N) is 4. The lowest BCUT2D eigenvalue weighted by Crippen LogP contribution is -2.22. The van der Waals surface area contributed by atoms with E-state index in [0.29, 0.717) is 60.7 Å². The van der Waals surface area contributed by atoms with E-state index in [0.717, 1.165) is 12.1 Å². The highest BCUT2D eigenvalue weighted by Crippen LogP contribution is 2.39. The summed E-state index contributed by atoms with van der Waals surface area (Å²) in [4.78, 5) is 29.5. The lowest BCUT2D eigenvalue weighted by Gasteiger charge is -2.16. The molecule has 0 aliphatic rings. The molecule has 0 saturated heterocycles. The Morgan fingerprint density at radius 1 is 0.311 bits per heavy atom. The summed E-state index contributed by atoms with van der Waals surface area (Å²) < 4.78 is 275. The van der Waals surface area contributed by atoms with E-state index >= 15 is 0 Å². The van der Waals surface area contributed by atoms with Gasteiger partial charge in [0.25, 0.3) is 92.8 Å². The van der Waals surface area contributed by atoms with Gasteiger partial charge in [-0.15, -0.1) is 0 Å². The first-order valence-electron chi connectivity index (χ1n) is 18.5. The Hall–Kier alpha value is -6.67. The average molecular weight is 1190 g/mol. The summed E-state index contributed by atoms with van der Waals surface area (Å²) in [5, 5.41) is 3.79. The molecular weight excluding hydrogens is 1160 g/mol. The van der Waals surface area contributed by atoms with Gasteiger partial charge in [-0.05, 0) is 84.9 Å². The first-order chi connectivity index (χ1) is 33.5. The van der Waals surface area contributed by atoms with Crippen molar-refractivity contribution in [3.05, 3.63) is 96.1 Å². The topological polar surface area (TPSA) is 534 Å². The Morgan fingerprint density at radius 2 is 0.608 bits per heavy atom. The fourth-order valence-electron chi connectivity index (χ4n) is 6.83. The molecule has 0 aromatic heterocycles. The van der Waals surface area contributed by atoms with E-state index in [1.807, 2.05) is 21.3 Å². The molecule has 39 heteroatoms. The highest BCUT2D eigenvalue weighted by molar-refractivity contribution is 7.88. The van der Waals surface area contributed by atoms with Crippen molar-refractivity contribution in [3.63, 3.8) is 0 Å². The second-order valence-corrected chi connectivity index (χ2v) is 25.8. The van der Waals surface area contributed by atoms with Crippen molar-refractivity contribution < 1.29 is 118 Å². The average Bonchev–Trinajstić information content (AvgIpc) is 3.22. The number of carbonyl (C=O) groups is 3. The quantitative estimate of drug-likeness (QED) is 0.0695. The molecule has 31 nitrogen and oxygen atoms in total. The monoisotopic (exact) mass is 1190 g/mol. The maximum absolute atomic E-state index is 13.6. The Balaban J connectivity index is 1.33. The highest BCUT2D eigenvalue weighted by Gasteiger charge is 2.31. The lowest BCUT2D eigenvalue weighted by atomic mass is 10.1. The van der Waals surface area contributed by atoms with Gasteiger partial charge in [0.2, 0.25) is 0 Å². The van der Waals surface area contributed by atoms with Gasteiger partial charge in [-0.25, -0.2) is 4.79 Å². The van der Waals surface area contributed by atoms with E-state index in [1.54, 1.807) is 0 Å². The summed E-state index contributed by atoms with van der Waals surface area (Å²) in [5.41, 5.74) is -4.94. The third-order valence-electron chi connectivity index (χ3n) is 9.75. The van der Waals surface area contributed by atoms with E-state index in [9.17, 15) is 118 Å². The van der Waals surface area contributed by atoms with Crippen LogP contribution in [-0.2, 0) is 80.9 Å². The van der Waals surface area contributed by atoms with Crippen molar-refractivity contribution in [2.75, 3.05) is 21.3 Å². The maximum atomic E-state index is 13.6. The van der Waals surface area contributed by atoms with Crippen LogP contribution in [0.4, 0.5) is 27.5 Å². The number of benzene rings is 6. The van der Waals surface area contributed by atoms with Crippen LogP contribution in [0.2, 0.25) is 0 Å². The number of rotatable bonds is 14. The van der Waals surface area contributed by atoms with Crippen LogP contribution in [-0.4, -0.2) is 122 Å².